The number of aromatic nitrogens is 4. The van der Waals surface area contributed by atoms with E-state index >= 15 is 0 Å². The Labute approximate surface area is 107 Å². The lowest BCUT2D eigenvalue weighted by Gasteiger charge is -2.09. The number of rotatable bonds is 4. The van der Waals surface area contributed by atoms with Gasteiger partial charge in [0.15, 0.2) is 5.65 Å². The highest BCUT2D eigenvalue weighted by molar-refractivity contribution is 6.16. The first-order valence-electron chi connectivity index (χ1n) is 5.99. The third-order valence-electron chi connectivity index (χ3n) is 3.02. The zero-order valence-corrected chi connectivity index (χ0v) is 11.6. The van der Waals surface area contributed by atoms with Crippen LogP contribution in [0.5, 0.6) is 0 Å². The topological polar surface area (TPSA) is 35.6 Å². The van der Waals surface area contributed by atoms with E-state index < -0.39 is 0 Å². The van der Waals surface area contributed by atoms with Crippen LogP contribution < -0.4 is 0 Å². The minimum Gasteiger partial charge on any atom is -0.312 e. The first-order valence-corrected chi connectivity index (χ1v) is 6.52. The van der Waals surface area contributed by atoms with Crippen molar-refractivity contribution in [3.8, 4) is 0 Å². The van der Waals surface area contributed by atoms with E-state index in [0.29, 0.717) is 11.8 Å². The van der Waals surface area contributed by atoms with Gasteiger partial charge in [-0.05, 0) is 19.3 Å². The van der Waals surface area contributed by atoms with Gasteiger partial charge < -0.3 is 4.57 Å². The zero-order chi connectivity index (χ0) is 12.6. The molecule has 0 atom stereocenters. The maximum atomic E-state index is 5.97. The molecule has 5 heteroatoms. The molecule has 0 aliphatic heterocycles. The molecule has 0 aliphatic rings. The predicted octanol–water partition coefficient (Wildman–Crippen LogP) is 2.86. The third-order valence-corrected chi connectivity index (χ3v) is 3.26. The van der Waals surface area contributed by atoms with Gasteiger partial charge in [0.05, 0.1) is 11.6 Å². The summed E-state index contributed by atoms with van der Waals surface area (Å²) in [6, 6.07) is 0. The lowest BCUT2D eigenvalue weighted by molar-refractivity contribution is 0.510. The Morgan fingerprint density at radius 3 is 2.65 bits per heavy atom. The van der Waals surface area contributed by atoms with Gasteiger partial charge in [0, 0.05) is 13.6 Å². The lowest BCUT2D eigenvalue weighted by atomic mass is 10.1. The Balaban J connectivity index is 2.49. The van der Waals surface area contributed by atoms with Crippen molar-refractivity contribution >= 4 is 22.8 Å². The smallest absolute Gasteiger partial charge is 0.158 e. The summed E-state index contributed by atoms with van der Waals surface area (Å²) in [5, 5.41) is 4.40. The Hall–Kier alpha value is -1.03. The van der Waals surface area contributed by atoms with Crippen LogP contribution in [0.4, 0.5) is 0 Å². The van der Waals surface area contributed by atoms with Gasteiger partial charge in [0.2, 0.25) is 0 Å². The van der Waals surface area contributed by atoms with E-state index in [0.717, 1.165) is 35.6 Å². The number of fused-ring (bicyclic) bond motifs is 1. The second-order valence-corrected chi connectivity index (χ2v) is 5.14. The van der Waals surface area contributed by atoms with E-state index in [1.165, 1.54) is 0 Å². The number of halogens is 1. The zero-order valence-electron chi connectivity index (χ0n) is 10.9. The maximum absolute atomic E-state index is 5.97. The number of hydrogen-bond acceptors (Lipinski definition) is 2. The molecule has 0 radical (unpaired) electrons. The number of hydrogen-bond donors (Lipinski definition) is 0. The average Bonchev–Trinajstić information content (AvgIpc) is 2.75. The van der Waals surface area contributed by atoms with Crippen molar-refractivity contribution in [2.24, 2.45) is 13.0 Å². The molecule has 0 saturated carbocycles. The van der Waals surface area contributed by atoms with Crippen molar-refractivity contribution in [2.75, 3.05) is 0 Å². The molecular formula is C12H19ClN4. The molecule has 4 nitrogen and oxygen atoms in total. The quantitative estimate of drug-likeness (QED) is 0.787. The predicted molar refractivity (Wildman–Crippen MR) is 70.2 cm³/mol. The van der Waals surface area contributed by atoms with Crippen molar-refractivity contribution in [1.29, 1.82) is 0 Å². The molecule has 0 amide bonds. The average molecular weight is 255 g/mol. The largest absolute Gasteiger partial charge is 0.312 e. The maximum Gasteiger partial charge on any atom is 0.158 e. The van der Waals surface area contributed by atoms with Crippen molar-refractivity contribution in [2.45, 2.75) is 39.6 Å². The number of nitrogens with zero attached hydrogens (tertiary/aromatic N) is 4. The van der Waals surface area contributed by atoms with Gasteiger partial charge in [-0.1, -0.05) is 13.8 Å². The second kappa shape index (κ2) is 4.69. The molecule has 0 N–H and O–H groups in total. The minimum atomic E-state index is 0.451. The third kappa shape index (κ3) is 2.18. The molecule has 0 saturated heterocycles. The van der Waals surface area contributed by atoms with Gasteiger partial charge in [0.1, 0.15) is 11.3 Å². The van der Waals surface area contributed by atoms with E-state index in [1.54, 1.807) is 0 Å². The fourth-order valence-corrected chi connectivity index (χ4v) is 2.31. The van der Waals surface area contributed by atoms with Gasteiger partial charge in [0.25, 0.3) is 0 Å². The van der Waals surface area contributed by atoms with Gasteiger partial charge >= 0.3 is 0 Å². The second-order valence-electron chi connectivity index (χ2n) is 4.88. The van der Waals surface area contributed by atoms with Crippen LogP contribution >= 0.6 is 11.6 Å². The SMILES string of the molecule is Cc1nn(C)c2c1nc(CCl)n2CCC(C)C. The molecule has 0 spiro atoms. The Bertz CT molecular complexity index is 524. The molecule has 0 bridgehead atoms. The first-order chi connectivity index (χ1) is 8.04. The highest BCUT2D eigenvalue weighted by Crippen LogP contribution is 2.21. The normalized spacial score (nSPS) is 11.9. The molecule has 0 fully saturated rings. The van der Waals surface area contributed by atoms with Crippen LogP contribution in [0.1, 0.15) is 31.8 Å². The lowest BCUT2D eigenvalue weighted by Crippen LogP contribution is -2.08. The van der Waals surface area contributed by atoms with Crippen LogP contribution in [0.3, 0.4) is 0 Å². The first kappa shape index (κ1) is 12.4. The molecule has 94 valence electrons. The Morgan fingerprint density at radius 2 is 2.06 bits per heavy atom. The number of imidazole rings is 1. The molecule has 0 aromatic carbocycles. The van der Waals surface area contributed by atoms with Gasteiger partial charge in [-0.2, -0.15) is 5.10 Å². The fourth-order valence-electron chi connectivity index (χ4n) is 2.10. The monoisotopic (exact) mass is 254 g/mol. The van der Waals surface area contributed by atoms with Crippen molar-refractivity contribution in [3.05, 3.63) is 11.5 Å². The van der Waals surface area contributed by atoms with E-state index in [4.69, 9.17) is 11.6 Å². The summed E-state index contributed by atoms with van der Waals surface area (Å²) in [7, 11) is 1.96. The van der Waals surface area contributed by atoms with Crippen LogP contribution in [0.25, 0.3) is 11.2 Å². The minimum absolute atomic E-state index is 0.451. The Kier molecular flexibility index (Phi) is 3.43. The molecule has 2 heterocycles. The highest BCUT2D eigenvalue weighted by Gasteiger charge is 2.16. The van der Waals surface area contributed by atoms with E-state index in [2.05, 4.69) is 28.5 Å². The van der Waals surface area contributed by atoms with Crippen LogP contribution in [0.15, 0.2) is 0 Å². The van der Waals surface area contributed by atoms with Gasteiger partial charge in [-0.15, -0.1) is 11.6 Å². The van der Waals surface area contributed by atoms with E-state index in [1.807, 2.05) is 18.7 Å². The van der Waals surface area contributed by atoms with Gasteiger partial charge in [-0.25, -0.2) is 4.98 Å². The van der Waals surface area contributed by atoms with Crippen LogP contribution in [0, 0.1) is 12.8 Å². The highest BCUT2D eigenvalue weighted by atomic mass is 35.5. The molecule has 2 aromatic heterocycles. The molecular weight excluding hydrogens is 236 g/mol. The van der Waals surface area contributed by atoms with Crippen molar-refractivity contribution < 1.29 is 0 Å². The Morgan fingerprint density at radius 1 is 1.35 bits per heavy atom. The summed E-state index contributed by atoms with van der Waals surface area (Å²) < 4.78 is 4.09. The number of alkyl halides is 1. The molecule has 2 rings (SSSR count). The number of aryl methyl sites for hydroxylation is 3. The summed E-state index contributed by atoms with van der Waals surface area (Å²) in [6.07, 6.45) is 1.12. The molecule has 0 unspecified atom stereocenters. The molecule has 2 aromatic rings. The molecule has 0 aliphatic carbocycles. The van der Waals surface area contributed by atoms with Crippen molar-refractivity contribution in [3.63, 3.8) is 0 Å². The van der Waals surface area contributed by atoms with Gasteiger partial charge in [-0.3, -0.25) is 4.68 Å². The summed E-state index contributed by atoms with van der Waals surface area (Å²) in [6.45, 7) is 7.39. The molecule has 17 heavy (non-hydrogen) atoms. The van der Waals surface area contributed by atoms with Crippen LogP contribution in [0.2, 0.25) is 0 Å². The summed E-state index contributed by atoms with van der Waals surface area (Å²) in [5.41, 5.74) is 3.03. The van der Waals surface area contributed by atoms with Crippen LogP contribution in [-0.4, -0.2) is 19.3 Å². The van der Waals surface area contributed by atoms with Crippen molar-refractivity contribution in [1.82, 2.24) is 19.3 Å². The van der Waals surface area contributed by atoms with Crippen LogP contribution in [-0.2, 0) is 19.5 Å². The van der Waals surface area contributed by atoms with E-state index in [9.17, 15) is 0 Å². The summed E-state index contributed by atoms with van der Waals surface area (Å²) in [4.78, 5) is 4.58. The fraction of sp³-hybridized carbons (Fsp3) is 0.667. The standard InChI is InChI=1S/C12H19ClN4/c1-8(2)5-6-17-10(7-13)14-11-9(3)15-16(4)12(11)17/h8H,5-7H2,1-4H3. The summed E-state index contributed by atoms with van der Waals surface area (Å²) in [5.74, 6) is 2.06. The van der Waals surface area contributed by atoms with E-state index in [-0.39, 0.29) is 0 Å². The summed E-state index contributed by atoms with van der Waals surface area (Å²) >= 11 is 5.97.